The SMILES string of the molecule is C=C(C)CCC(C(=C)C)=C(CC=C(C)C)OC(CC=C(C)C)=C(CCC(=C)C)C(=C)C. The molecule has 0 aliphatic rings. The van der Waals surface area contributed by atoms with Crippen LogP contribution in [0.5, 0.6) is 0 Å². The molecule has 0 aromatic carbocycles. The summed E-state index contributed by atoms with van der Waals surface area (Å²) in [6.07, 6.45) is 9.60. The maximum absolute atomic E-state index is 6.75. The summed E-state index contributed by atoms with van der Waals surface area (Å²) in [6, 6.07) is 0. The summed E-state index contributed by atoms with van der Waals surface area (Å²) in [7, 11) is 0. The van der Waals surface area contributed by atoms with Crippen LogP contribution in [0.4, 0.5) is 0 Å². The van der Waals surface area contributed by atoms with Gasteiger partial charge in [0.1, 0.15) is 11.5 Å². The maximum atomic E-state index is 6.75. The Morgan fingerprint density at radius 2 is 0.871 bits per heavy atom. The second-order valence-corrected chi connectivity index (χ2v) is 9.35. The van der Waals surface area contributed by atoms with Gasteiger partial charge in [-0.3, -0.25) is 0 Å². The van der Waals surface area contributed by atoms with Crippen molar-refractivity contribution in [3.05, 3.63) is 94.6 Å². The van der Waals surface area contributed by atoms with Crippen molar-refractivity contribution in [2.24, 2.45) is 0 Å². The number of rotatable bonds is 14. The van der Waals surface area contributed by atoms with Crippen LogP contribution < -0.4 is 0 Å². The number of allylic oxidation sites excluding steroid dienone is 10. The molecule has 172 valence electrons. The second kappa shape index (κ2) is 14.7. The van der Waals surface area contributed by atoms with Gasteiger partial charge in [-0.25, -0.2) is 0 Å². The number of hydrogen-bond donors (Lipinski definition) is 0. The van der Waals surface area contributed by atoms with Crippen LogP contribution in [0.15, 0.2) is 94.6 Å². The van der Waals surface area contributed by atoms with E-state index >= 15 is 0 Å². The lowest BCUT2D eigenvalue weighted by Gasteiger charge is -2.21. The van der Waals surface area contributed by atoms with Crippen LogP contribution in [0.25, 0.3) is 0 Å². The first kappa shape index (κ1) is 28.7. The van der Waals surface area contributed by atoms with Crippen molar-refractivity contribution in [3.63, 3.8) is 0 Å². The van der Waals surface area contributed by atoms with Gasteiger partial charge in [0.25, 0.3) is 0 Å². The molecular formula is C30H46O. The Balaban J connectivity index is 6.55. The molecule has 0 aliphatic heterocycles. The van der Waals surface area contributed by atoms with E-state index in [1.54, 1.807) is 0 Å². The molecule has 0 spiro atoms. The highest BCUT2D eigenvalue weighted by atomic mass is 16.5. The summed E-state index contributed by atoms with van der Waals surface area (Å²) in [5.74, 6) is 1.97. The topological polar surface area (TPSA) is 9.23 Å². The second-order valence-electron chi connectivity index (χ2n) is 9.35. The van der Waals surface area contributed by atoms with Crippen LogP contribution in [0.2, 0.25) is 0 Å². The average Bonchev–Trinajstić information content (AvgIpc) is 2.62. The van der Waals surface area contributed by atoms with E-state index in [9.17, 15) is 0 Å². The van der Waals surface area contributed by atoms with Crippen LogP contribution in [0.3, 0.4) is 0 Å². The molecule has 0 N–H and O–H groups in total. The molecule has 0 unspecified atom stereocenters. The molecule has 0 bridgehead atoms. The average molecular weight is 423 g/mol. The molecule has 0 aliphatic carbocycles. The van der Waals surface area contributed by atoms with Gasteiger partial charge in [0.15, 0.2) is 0 Å². The van der Waals surface area contributed by atoms with Crippen molar-refractivity contribution in [2.45, 2.75) is 93.9 Å². The summed E-state index contributed by atoms with van der Waals surface area (Å²) < 4.78 is 6.75. The van der Waals surface area contributed by atoms with Gasteiger partial charge < -0.3 is 4.74 Å². The Bertz CT molecular complexity index is 729. The smallest absolute Gasteiger partial charge is 0.111 e. The zero-order valence-corrected chi connectivity index (χ0v) is 21.6. The van der Waals surface area contributed by atoms with Crippen molar-refractivity contribution in [2.75, 3.05) is 0 Å². The summed E-state index contributed by atoms with van der Waals surface area (Å²) in [6.45, 7) is 33.5. The summed E-state index contributed by atoms with van der Waals surface area (Å²) >= 11 is 0. The van der Waals surface area contributed by atoms with E-state index in [4.69, 9.17) is 4.74 Å². The van der Waals surface area contributed by atoms with E-state index in [1.807, 2.05) is 0 Å². The van der Waals surface area contributed by atoms with E-state index in [2.05, 4.69) is 93.9 Å². The third kappa shape index (κ3) is 12.9. The molecule has 0 heterocycles. The van der Waals surface area contributed by atoms with E-state index < -0.39 is 0 Å². The van der Waals surface area contributed by atoms with Crippen LogP contribution in [0.1, 0.15) is 93.9 Å². The molecule has 1 nitrogen and oxygen atoms in total. The minimum absolute atomic E-state index is 0.753. The molecule has 0 fully saturated rings. The molecule has 0 rings (SSSR count). The van der Waals surface area contributed by atoms with E-state index in [0.717, 1.165) is 61.2 Å². The minimum Gasteiger partial charge on any atom is -0.465 e. The fourth-order valence-electron chi connectivity index (χ4n) is 3.05. The van der Waals surface area contributed by atoms with Gasteiger partial charge in [0.05, 0.1) is 0 Å². The normalized spacial score (nSPS) is 12.3. The molecule has 1 heteroatoms. The van der Waals surface area contributed by atoms with Gasteiger partial charge in [-0.15, -0.1) is 13.2 Å². The number of hydrogen-bond acceptors (Lipinski definition) is 1. The Labute approximate surface area is 193 Å². The molecule has 0 amide bonds. The molecule has 0 atom stereocenters. The molecule has 0 saturated carbocycles. The van der Waals surface area contributed by atoms with Crippen LogP contribution in [-0.2, 0) is 4.74 Å². The Hall–Kier alpha value is -2.28. The number of ether oxygens (including phenoxy) is 1. The van der Waals surface area contributed by atoms with E-state index in [1.165, 1.54) is 33.4 Å². The lowest BCUT2D eigenvalue weighted by molar-refractivity contribution is 0.280. The standard InChI is InChI=1S/C30H46O/c1-21(2)13-17-27(25(9)10)29(19-15-23(5)6)31-30(20-16-24(7)8)28(26(11)12)18-14-22(3)4/h15-16H,1,3,9,11,13-14,17-20H2,2,4-8,10,12H3. The molecule has 0 aromatic heterocycles. The van der Waals surface area contributed by atoms with Gasteiger partial charge in [0.2, 0.25) is 0 Å². The quantitative estimate of drug-likeness (QED) is 0.154. The first-order chi connectivity index (χ1) is 14.3. The highest BCUT2D eigenvalue weighted by Crippen LogP contribution is 2.31. The van der Waals surface area contributed by atoms with Crippen molar-refractivity contribution in [1.82, 2.24) is 0 Å². The van der Waals surface area contributed by atoms with Crippen LogP contribution >= 0.6 is 0 Å². The monoisotopic (exact) mass is 422 g/mol. The van der Waals surface area contributed by atoms with Crippen molar-refractivity contribution in [1.29, 1.82) is 0 Å². The van der Waals surface area contributed by atoms with Gasteiger partial charge in [-0.1, -0.05) is 58.7 Å². The minimum atomic E-state index is 0.753. The van der Waals surface area contributed by atoms with Gasteiger partial charge in [0, 0.05) is 12.8 Å². The summed E-state index contributed by atoms with van der Waals surface area (Å²) in [5, 5.41) is 0. The lowest BCUT2D eigenvalue weighted by Crippen LogP contribution is -2.04. The van der Waals surface area contributed by atoms with Gasteiger partial charge in [-0.05, 0) is 92.2 Å². The van der Waals surface area contributed by atoms with Crippen molar-refractivity contribution in [3.8, 4) is 0 Å². The zero-order valence-electron chi connectivity index (χ0n) is 21.6. The summed E-state index contributed by atoms with van der Waals surface area (Å²) in [4.78, 5) is 0. The van der Waals surface area contributed by atoms with Crippen LogP contribution in [-0.4, -0.2) is 0 Å². The molecule has 0 aromatic rings. The fraction of sp³-hybridized carbons (Fsp3) is 0.467. The Morgan fingerprint density at radius 1 is 0.548 bits per heavy atom. The summed E-state index contributed by atoms with van der Waals surface area (Å²) in [5.41, 5.74) is 9.39. The zero-order chi connectivity index (χ0) is 24.1. The molecule has 31 heavy (non-hydrogen) atoms. The van der Waals surface area contributed by atoms with E-state index in [-0.39, 0.29) is 0 Å². The molecule has 0 radical (unpaired) electrons. The van der Waals surface area contributed by atoms with Gasteiger partial charge in [-0.2, -0.15) is 0 Å². The lowest BCUT2D eigenvalue weighted by atomic mass is 9.97. The van der Waals surface area contributed by atoms with E-state index in [0.29, 0.717) is 0 Å². The third-order valence-corrected chi connectivity index (χ3v) is 4.94. The third-order valence-electron chi connectivity index (χ3n) is 4.94. The Kier molecular flexibility index (Phi) is 13.6. The van der Waals surface area contributed by atoms with Crippen molar-refractivity contribution >= 4 is 0 Å². The predicted molar refractivity (Wildman–Crippen MR) is 141 cm³/mol. The fourth-order valence-corrected chi connectivity index (χ4v) is 3.05. The highest BCUT2D eigenvalue weighted by Gasteiger charge is 2.15. The first-order valence-electron chi connectivity index (χ1n) is 11.3. The largest absolute Gasteiger partial charge is 0.465 e. The van der Waals surface area contributed by atoms with Crippen LogP contribution in [0, 0.1) is 0 Å². The first-order valence-corrected chi connectivity index (χ1v) is 11.3. The molecular weight excluding hydrogens is 376 g/mol. The highest BCUT2D eigenvalue weighted by molar-refractivity contribution is 5.36. The predicted octanol–water partition coefficient (Wildman–Crippen LogP) is 10.1. The van der Waals surface area contributed by atoms with Gasteiger partial charge >= 0.3 is 0 Å². The Morgan fingerprint density at radius 3 is 1.10 bits per heavy atom. The van der Waals surface area contributed by atoms with Crippen molar-refractivity contribution < 1.29 is 4.74 Å². The maximum Gasteiger partial charge on any atom is 0.111 e. The molecule has 0 saturated heterocycles.